The molecule has 5 heteroatoms. The fourth-order valence-electron chi connectivity index (χ4n) is 1.91. The number of hydrogen-bond donors (Lipinski definition) is 1. The molecule has 0 bridgehead atoms. The molecule has 1 aliphatic rings. The minimum absolute atomic E-state index is 0.165. The maximum atomic E-state index is 11.9. The van der Waals surface area contributed by atoms with Gasteiger partial charge < -0.3 is 5.11 Å². The molecule has 1 saturated heterocycles. The van der Waals surface area contributed by atoms with Crippen LogP contribution in [-0.4, -0.2) is 33.3 Å². The summed E-state index contributed by atoms with van der Waals surface area (Å²) in [6, 6.07) is 0. The molecule has 1 fully saturated rings. The predicted molar refractivity (Wildman–Crippen MR) is 61.1 cm³/mol. The molecule has 0 spiro atoms. The van der Waals surface area contributed by atoms with Gasteiger partial charge >= 0.3 is 5.97 Å². The van der Waals surface area contributed by atoms with Crippen LogP contribution in [-0.2, 0) is 14.4 Å². The van der Waals surface area contributed by atoms with Crippen LogP contribution in [0.5, 0.6) is 0 Å². The summed E-state index contributed by atoms with van der Waals surface area (Å²) < 4.78 is 0. The third-order valence-corrected chi connectivity index (χ3v) is 4.00. The number of carbonyl (C=O) groups is 3. The number of carbonyl (C=O) groups excluding carboxylic acids is 2. The average molecular weight is 241 g/mol. The molecule has 5 nitrogen and oxygen atoms in total. The van der Waals surface area contributed by atoms with Gasteiger partial charge in [-0.1, -0.05) is 6.92 Å². The number of likely N-dealkylation sites (tertiary alicyclic amines) is 1. The van der Waals surface area contributed by atoms with Crippen LogP contribution in [0, 0.1) is 11.3 Å². The molecule has 1 rings (SSSR count). The zero-order valence-electron chi connectivity index (χ0n) is 10.9. The molecule has 1 heterocycles. The molecule has 2 amide bonds. The SMILES string of the molecule is CC1CC(=O)N(C(C)(C)C(C)(C)C(=O)O)C1=O. The van der Waals surface area contributed by atoms with Crippen LogP contribution in [0.2, 0.25) is 0 Å². The normalized spacial score (nSPS) is 22.2. The van der Waals surface area contributed by atoms with Crippen LogP contribution in [0.15, 0.2) is 0 Å². The van der Waals surface area contributed by atoms with E-state index < -0.39 is 16.9 Å². The summed E-state index contributed by atoms with van der Waals surface area (Å²) in [6.07, 6.45) is 0.165. The number of amides is 2. The van der Waals surface area contributed by atoms with Crippen molar-refractivity contribution >= 4 is 17.8 Å². The maximum Gasteiger partial charge on any atom is 0.311 e. The largest absolute Gasteiger partial charge is 0.481 e. The Balaban J connectivity index is 3.19. The number of carboxylic acids is 1. The van der Waals surface area contributed by atoms with E-state index in [1.807, 2.05) is 0 Å². The average Bonchev–Trinajstić information content (AvgIpc) is 2.40. The van der Waals surface area contributed by atoms with Gasteiger partial charge in [0.05, 0.1) is 11.0 Å². The van der Waals surface area contributed by atoms with E-state index in [0.29, 0.717) is 0 Å². The fraction of sp³-hybridized carbons (Fsp3) is 0.750. The van der Waals surface area contributed by atoms with Gasteiger partial charge in [0.15, 0.2) is 0 Å². The summed E-state index contributed by atoms with van der Waals surface area (Å²) in [5.74, 6) is -1.95. The molecule has 1 aliphatic heterocycles. The molecule has 1 unspecified atom stereocenters. The highest BCUT2D eigenvalue weighted by atomic mass is 16.4. The molecular formula is C12H19NO4. The number of imide groups is 1. The van der Waals surface area contributed by atoms with Gasteiger partial charge in [-0.3, -0.25) is 19.3 Å². The molecule has 1 atom stereocenters. The van der Waals surface area contributed by atoms with Gasteiger partial charge in [0.2, 0.25) is 11.8 Å². The van der Waals surface area contributed by atoms with Crippen molar-refractivity contribution in [3.05, 3.63) is 0 Å². The number of nitrogens with zero attached hydrogens (tertiary/aromatic N) is 1. The van der Waals surface area contributed by atoms with Crippen LogP contribution in [0.25, 0.3) is 0 Å². The van der Waals surface area contributed by atoms with Crippen molar-refractivity contribution in [1.29, 1.82) is 0 Å². The molecule has 0 aromatic carbocycles. The van der Waals surface area contributed by atoms with Crippen LogP contribution >= 0.6 is 0 Å². The van der Waals surface area contributed by atoms with E-state index >= 15 is 0 Å². The fourth-order valence-corrected chi connectivity index (χ4v) is 1.91. The highest BCUT2D eigenvalue weighted by Crippen LogP contribution is 2.39. The maximum absolute atomic E-state index is 11.9. The van der Waals surface area contributed by atoms with Crippen LogP contribution in [0.1, 0.15) is 41.0 Å². The van der Waals surface area contributed by atoms with E-state index in [2.05, 4.69) is 0 Å². The molecular weight excluding hydrogens is 222 g/mol. The van der Waals surface area contributed by atoms with Crippen molar-refractivity contribution in [2.75, 3.05) is 0 Å². The van der Waals surface area contributed by atoms with Crippen molar-refractivity contribution < 1.29 is 19.5 Å². The molecule has 1 N–H and O–H groups in total. The summed E-state index contributed by atoms with van der Waals surface area (Å²) >= 11 is 0. The molecule has 0 aromatic rings. The van der Waals surface area contributed by atoms with Crippen LogP contribution in [0.4, 0.5) is 0 Å². The standard InChI is InChI=1S/C12H19NO4/c1-7-6-8(14)13(9(7)15)12(4,5)11(2,3)10(16)17/h7H,6H2,1-5H3,(H,16,17). The van der Waals surface area contributed by atoms with E-state index in [9.17, 15) is 19.5 Å². The Bertz CT molecular complexity index is 384. The number of aliphatic carboxylic acids is 1. The second kappa shape index (κ2) is 3.82. The molecule has 17 heavy (non-hydrogen) atoms. The quantitative estimate of drug-likeness (QED) is 0.755. The van der Waals surface area contributed by atoms with Gasteiger partial charge in [0, 0.05) is 12.3 Å². The lowest BCUT2D eigenvalue weighted by molar-refractivity contribution is -0.162. The molecule has 0 radical (unpaired) electrons. The Morgan fingerprint density at radius 2 is 1.76 bits per heavy atom. The Morgan fingerprint density at radius 3 is 2.06 bits per heavy atom. The summed E-state index contributed by atoms with van der Waals surface area (Å²) in [6.45, 7) is 7.98. The first kappa shape index (κ1) is 13.7. The van der Waals surface area contributed by atoms with Gasteiger partial charge in [-0.25, -0.2) is 0 Å². The highest BCUT2D eigenvalue weighted by Gasteiger charge is 2.54. The monoisotopic (exact) mass is 241 g/mol. The lowest BCUT2D eigenvalue weighted by Gasteiger charge is -2.43. The number of hydrogen-bond acceptors (Lipinski definition) is 3. The predicted octanol–water partition coefficient (Wildman–Crippen LogP) is 1.27. The molecule has 0 aliphatic carbocycles. The van der Waals surface area contributed by atoms with E-state index in [0.717, 1.165) is 4.90 Å². The van der Waals surface area contributed by atoms with E-state index in [1.165, 1.54) is 13.8 Å². The number of carboxylic acid groups (broad SMARTS) is 1. The van der Waals surface area contributed by atoms with Gasteiger partial charge in [-0.2, -0.15) is 0 Å². The lowest BCUT2D eigenvalue weighted by atomic mass is 9.73. The minimum atomic E-state index is -1.19. The highest BCUT2D eigenvalue weighted by molar-refractivity contribution is 6.04. The van der Waals surface area contributed by atoms with Gasteiger partial charge in [-0.15, -0.1) is 0 Å². The van der Waals surface area contributed by atoms with E-state index in [-0.39, 0.29) is 24.2 Å². The van der Waals surface area contributed by atoms with Crippen molar-refractivity contribution in [3.63, 3.8) is 0 Å². The third-order valence-electron chi connectivity index (χ3n) is 4.00. The zero-order valence-corrected chi connectivity index (χ0v) is 10.9. The first-order valence-electron chi connectivity index (χ1n) is 5.63. The smallest absolute Gasteiger partial charge is 0.311 e. The first-order valence-corrected chi connectivity index (χ1v) is 5.63. The lowest BCUT2D eigenvalue weighted by Crippen LogP contribution is -2.59. The van der Waals surface area contributed by atoms with Gasteiger partial charge in [-0.05, 0) is 27.7 Å². The van der Waals surface area contributed by atoms with E-state index in [4.69, 9.17) is 0 Å². The third kappa shape index (κ3) is 1.83. The van der Waals surface area contributed by atoms with Crippen molar-refractivity contribution in [2.24, 2.45) is 11.3 Å². The topological polar surface area (TPSA) is 74.7 Å². The summed E-state index contributed by atoms with van der Waals surface area (Å²) in [7, 11) is 0. The van der Waals surface area contributed by atoms with Crippen molar-refractivity contribution in [1.82, 2.24) is 4.90 Å². The first-order chi connectivity index (χ1) is 7.53. The molecule has 96 valence electrons. The summed E-state index contributed by atoms with van der Waals surface area (Å²) in [4.78, 5) is 36.2. The molecule has 0 saturated carbocycles. The molecule has 0 aromatic heterocycles. The Kier molecular flexibility index (Phi) is 3.07. The Hall–Kier alpha value is -1.39. The van der Waals surface area contributed by atoms with E-state index in [1.54, 1.807) is 20.8 Å². The Labute approximate surface area is 101 Å². The van der Waals surface area contributed by atoms with Crippen molar-refractivity contribution in [3.8, 4) is 0 Å². The Morgan fingerprint density at radius 1 is 1.29 bits per heavy atom. The van der Waals surface area contributed by atoms with Crippen LogP contribution in [0.3, 0.4) is 0 Å². The van der Waals surface area contributed by atoms with Crippen molar-refractivity contribution in [2.45, 2.75) is 46.6 Å². The minimum Gasteiger partial charge on any atom is -0.481 e. The number of rotatable bonds is 3. The van der Waals surface area contributed by atoms with Crippen LogP contribution < -0.4 is 0 Å². The summed E-state index contributed by atoms with van der Waals surface area (Å²) in [5, 5.41) is 9.23. The zero-order chi connectivity index (χ0) is 13.6. The second-order valence-electron chi connectivity index (χ2n) is 5.66. The summed E-state index contributed by atoms with van der Waals surface area (Å²) in [5.41, 5.74) is -2.24. The second-order valence-corrected chi connectivity index (χ2v) is 5.66. The van der Waals surface area contributed by atoms with Gasteiger partial charge in [0.25, 0.3) is 0 Å². The van der Waals surface area contributed by atoms with Gasteiger partial charge in [0.1, 0.15) is 0 Å².